The smallest absolute Gasteiger partial charge is 0.267 e. The Morgan fingerprint density at radius 2 is 1.92 bits per heavy atom. The third-order valence-electron chi connectivity index (χ3n) is 6.84. The highest BCUT2D eigenvalue weighted by atomic mass is 16.5. The summed E-state index contributed by atoms with van der Waals surface area (Å²) in [6.45, 7) is 6.00. The second-order valence-electron chi connectivity index (χ2n) is 9.57. The fraction of sp³-hybridized carbons (Fsp3) is 0.379. The molecule has 2 N–H and O–H groups in total. The largest absolute Gasteiger partial charge is 0.370 e. The summed E-state index contributed by atoms with van der Waals surface area (Å²) in [4.78, 5) is 50.3. The van der Waals surface area contributed by atoms with Gasteiger partial charge in [-0.25, -0.2) is 0 Å². The highest BCUT2D eigenvalue weighted by Gasteiger charge is 2.31. The first-order valence-corrected chi connectivity index (χ1v) is 13.3. The summed E-state index contributed by atoms with van der Waals surface area (Å²) in [7, 11) is 0. The number of hydrogen-bond donors (Lipinski definition) is 1. The Morgan fingerprint density at radius 3 is 2.62 bits per heavy atom. The molecular formula is C29H34N6O4. The lowest BCUT2D eigenvalue weighted by Crippen LogP contribution is -2.41. The van der Waals surface area contributed by atoms with Crippen LogP contribution in [0.25, 0.3) is 11.1 Å². The molecule has 0 fully saturated rings. The number of amides is 2. The minimum atomic E-state index is -0.651. The van der Waals surface area contributed by atoms with Gasteiger partial charge < -0.3 is 15.2 Å². The molecule has 3 aromatic heterocycles. The van der Waals surface area contributed by atoms with Crippen LogP contribution in [0, 0.1) is 6.92 Å². The van der Waals surface area contributed by atoms with E-state index >= 15 is 0 Å². The molecule has 1 aromatic carbocycles. The quantitative estimate of drug-likeness (QED) is 0.293. The molecule has 0 saturated carbocycles. The average molecular weight is 531 g/mol. The molecule has 4 aromatic rings. The number of nitrogens with two attached hydrogens (primary N) is 1. The normalized spacial score (nSPS) is 12.0. The molecule has 10 nitrogen and oxygen atoms in total. The van der Waals surface area contributed by atoms with Crippen LogP contribution in [-0.2, 0) is 17.8 Å². The van der Waals surface area contributed by atoms with Crippen molar-refractivity contribution in [3.05, 3.63) is 87.4 Å². The number of aromatic nitrogens is 4. The first kappa shape index (κ1) is 27.7. The number of rotatable bonds is 12. The topological polar surface area (TPSA) is 137 Å². The van der Waals surface area contributed by atoms with Crippen LogP contribution < -0.4 is 11.3 Å². The number of carbonyl (C=O) groups excluding carboxylic acids is 2. The summed E-state index contributed by atoms with van der Waals surface area (Å²) in [5.74, 6) is -0.473. The first-order valence-electron chi connectivity index (χ1n) is 13.3. The second kappa shape index (κ2) is 12.5. The van der Waals surface area contributed by atoms with Crippen molar-refractivity contribution in [3.63, 3.8) is 0 Å². The molecule has 10 heteroatoms. The van der Waals surface area contributed by atoms with Crippen molar-refractivity contribution in [1.29, 1.82) is 0 Å². The van der Waals surface area contributed by atoms with Gasteiger partial charge in [-0.2, -0.15) is 4.98 Å². The maximum atomic E-state index is 14.1. The van der Waals surface area contributed by atoms with Crippen LogP contribution in [0.5, 0.6) is 0 Å². The van der Waals surface area contributed by atoms with E-state index in [-0.39, 0.29) is 36.7 Å². The van der Waals surface area contributed by atoms with E-state index in [1.165, 1.54) is 0 Å². The van der Waals surface area contributed by atoms with Gasteiger partial charge in [-0.05, 0) is 43.4 Å². The van der Waals surface area contributed by atoms with Crippen molar-refractivity contribution in [3.8, 4) is 0 Å². The number of aryl methyl sites for hydroxylation is 2. The van der Waals surface area contributed by atoms with E-state index in [1.54, 1.807) is 28.8 Å². The van der Waals surface area contributed by atoms with Crippen molar-refractivity contribution in [2.24, 2.45) is 5.73 Å². The second-order valence-corrected chi connectivity index (χ2v) is 9.57. The summed E-state index contributed by atoms with van der Waals surface area (Å²) < 4.78 is 6.97. The summed E-state index contributed by atoms with van der Waals surface area (Å²) in [5, 5.41) is 4.26. The zero-order valence-electron chi connectivity index (χ0n) is 22.6. The summed E-state index contributed by atoms with van der Waals surface area (Å²) in [5.41, 5.74) is 8.00. The van der Waals surface area contributed by atoms with E-state index in [2.05, 4.69) is 17.1 Å². The lowest BCUT2D eigenvalue weighted by molar-refractivity contribution is -0.118. The molecule has 204 valence electrons. The zero-order valence-corrected chi connectivity index (χ0v) is 22.6. The van der Waals surface area contributed by atoms with E-state index in [1.807, 2.05) is 43.3 Å². The minimum Gasteiger partial charge on any atom is -0.370 e. The number of nitrogens with zero attached hydrogens (tertiary/aromatic N) is 5. The van der Waals surface area contributed by atoms with Crippen LogP contribution in [-0.4, -0.2) is 43.0 Å². The third kappa shape index (κ3) is 6.05. The van der Waals surface area contributed by atoms with E-state index < -0.39 is 11.9 Å². The Labute approximate surface area is 226 Å². The molecule has 0 bridgehead atoms. The monoisotopic (exact) mass is 530 g/mol. The molecule has 0 aliphatic heterocycles. The van der Waals surface area contributed by atoms with Crippen LogP contribution in [0.4, 0.5) is 0 Å². The number of hydrogen-bond acceptors (Lipinski definition) is 7. The Balaban J connectivity index is 1.87. The van der Waals surface area contributed by atoms with Crippen LogP contribution in [0.1, 0.15) is 78.6 Å². The van der Waals surface area contributed by atoms with Crippen LogP contribution >= 0.6 is 0 Å². The summed E-state index contributed by atoms with van der Waals surface area (Å²) in [6, 6.07) is 10.8. The lowest BCUT2D eigenvalue weighted by Gasteiger charge is -2.32. The van der Waals surface area contributed by atoms with E-state index in [0.29, 0.717) is 28.9 Å². The van der Waals surface area contributed by atoms with Gasteiger partial charge in [-0.15, -0.1) is 0 Å². The minimum absolute atomic E-state index is 0.0423. The van der Waals surface area contributed by atoms with Gasteiger partial charge in [0, 0.05) is 25.4 Å². The molecule has 0 saturated heterocycles. The number of benzene rings is 1. The highest BCUT2D eigenvalue weighted by molar-refractivity contribution is 5.96. The molecule has 1 atom stereocenters. The van der Waals surface area contributed by atoms with Gasteiger partial charge in [0.25, 0.3) is 17.2 Å². The third-order valence-corrected chi connectivity index (χ3v) is 6.84. The van der Waals surface area contributed by atoms with Crippen molar-refractivity contribution in [1.82, 2.24) is 24.6 Å². The van der Waals surface area contributed by atoms with Crippen LogP contribution in [0.2, 0.25) is 0 Å². The van der Waals surface area contributed by atoms with Crippen molar-refractivity contribution in [2.75, 3.05) is 6.54 Å². The molecule has 39 heavy (non-hydrogen) atoms. The Morgan fingerprint density at radius 1 is 1.15 bits per heavy atom. The number of carbonyl (C=O) groups is 2. The lowest BCUT2D eigenvalue weighted by atomic mass is 10.0. The predicted octanol–water partition coefficient (Wildman–Crippen LogP) is 3.95. The first-order chi connectivity index (χ1) is 18.8. The Hall–Kier alpha value is -4.34. The van der Waals surface area contributed by atoms with Gasteiger partial charge in [0.1, 0.15) is 11.2 Å². The zero-order chi connectivity index (χ0) is 27.9. The number of pyridine rings is 1. The standard InChI is InChI=1S/C29H34N6O4/c1-4-6-12-21-13-15-31-17-22(21)28(37)34(16-14-24(30)36)23(5-2)26-32-27-25(19(3)33-39-27)29(38)35(26)18-20-10-8-7-9-11-20/h7-11,13,15,17,23H,4-6,12,14,16,18H2,1-3H3,(H2,30,36). The van der Waals surface area contributed by atoms with E-state index in [4.69, 9.17) is 15.2 Å². The number of primary amides is 1. The summed E-state index contributed by atoms with van der Waals surface area (Å²) >= 11 is 0. The van der Waals surface area contributed by atoms with Crippen LogP contribution in [0.15, 0.2) is 58.1 Å². The van der Waals surface area contributed by atoms with Gasteiger partial charge in [0.15, 0.2) is 0 Å². The SMILES string of the molecule is CCCCc1ccncc1C(=O)N(CCC(N)=O)C(CC)c1nc2onc(C)c2c(=O)n1Cc1ccccc1. The Kier molecular flexibility index (Phi) is 8.85. The van der Waals surface area contributed by atoms with Gasteiger partial charge in [0.05, 0.1) is 23.8 Å². The van der Waals surface area contributed by atoms with E-state index in [0.717, 1.165) is 30.4 Å². The van der Waals surface area contributed by atoms with Crippen molar-refractivity contribution < 1.29 is 14.1 Å². The van der Waals surface area contributed by atoms with Crippen LogP contribution in [0.3, 0.4) is 0 Å². The van der Waals surface area contributed by atoms with Crippen molar-refractivity contribution in [2.45, 2.75) is 65.5 Å². The number of fused-ring (bicyclic) bond motifs is 1. The highest BCUT2D eigenvalue weighted by Crippen LogP contribution is 2.28. The fourth-order valence-electron chi connectivity index (χ4n) is 4.78. The van der Waals surface area contributed by atoms with Gasteiger partial charge in [-0.1, -0.05) is 55.8 Å². The van der Waals surface area contributed by atoms with Gasteiger partial charge in [-0.3, -0.25) is 23.9 Å². The van der Waals surface area contributed by atoms with Gasteiger partial charge in [0.2, 0.25) is 5.91 Å². The molecule has 0 radical (unpaired) electrons. The maximum absolute atomic E-state index is 14.1. The molecule has 0 aliphatic carbocycles. The molecule has 4 rings (SSSR count). The molecule has 2 amide bonds. The molecule has 1 unspecified atom stereocenters. The molecule has 3 heterocycles. The average Bonchev–Trinajstić information content (AvgIpc) is 3.32. The Bertz CT molecular complexity index is 1510. The fourth-order valence-corrected chi connectivity index (χ4v) is 4.78. The van der Waals surface area contributed by atoms with Crippen molar-refractivity contribution >= 4 is 22.9 Å². The summed E-state index contributed by atoms with van der Waals surface area (Å²) in [6.07, 6.45) is 6.24. The molecule has 0 aliphatic rings. The predicted molar refractivity (Wildman–Crippen MR) is 147 cm³/mol. The molecular weight excluding hydrogens is 496 g/mol. The van der Waals surface area contributed by atoms with E-state index in [9.17, 15) is 14.4 Å². The number of unbranched alkanes of at least 4 members (excludes halogenated alkanes) is 1. The molecule has 0 spiro atoms. The van der Waals surface area contributed by atoms with Gasteiger partial charge >= 0.3 is 0 Å². The maximum Gasteiger partial charge on any atom is 0.267 e.